The topological polar surface area (TPSA) is 181 Å². The molecule has 1 unspecified atom stereocenters. The van der Waals surface area contributed by atoms with Gasteiger partial charge in [-0.3, -0.25) is 19.7 Å². The molecule has 2 rings (SSSR count). The van der Waals surface area contributed by atoms with E-state index in [0.717, 1.165) is 33.1 Å². The van der Waals surface area contributed by atoms with Gasteiger partial charge in [-0.25, -0.2) is 4.79 Å². The maximum Gasteiger partial charge on any atom is 0.338 e. The molecule has 1 aliphatic rings. The highest BCUT2D eigenvalue weighted by Crippen LogP contribution is 2.34. The average molecular weight is 443 g/mol. The molecule has 1 aromatic rings. The summed E-state index contributed by atoms with van der Waals surface area (Å²) in [5.41, 5.74) is -0.331. The molecular formula is C18H21NO12. The van der Waals surface area contributed by atoms with Gasteiger partial charge in [-0.15, -0.1) is 0 Å². The Morgan fingerprint density at radius 2 is 1.77 bits per heavy atom. The van der Waals surface area contributed by atoms with Crippen LogP contribution in [0.5, 0.6) is 5.75 Å². The van der Waals surface area contributed by atoms with Crippen LogP contribution in [0.4, 0.5) is 5.69 Å². The molecule has 0 aliphatic carbocycles. The first-order valence-electron chi connectivity index (χ1n) is 8.89. The fourth-order valence-electron chi connectivity index (χ4n) is 2.90. The second kappa shape index (κ2) is 10.1. The Morgan fingerprint density at radius 1 is 1.16 bits per heavy atom. The van der Waals surface area contributed by atoms with E-state index in [9.17, 15) is 34.7 Å². The molecule has 0 amide bonds. The number of carbonyl (C=O) groups excluding carboxylic acids is 3. The van der Waals surface area contributed by atoms with Gasteiger partial charge < -0.3 is 33.9 Å². The molecule has 5 atom stereocenters. The molecular weight excluding hydrogens is 422 g/mol. The predicted octanol–water partition coefficient (Wildman–Crippen LogP) is -0.412. The number of aliphatic hydroxyl groups is 2. The van der Waals surface area contributed by atoms with Crippen LogP contribution in [0.25, 0.3) is 0 Å². The Bertz CT molecular complexity index is 856. The highest BCUT2D eigenvalue weighted by Gasteiger charge is 2.53. The molecule has 13 heteroatoms. The van der Waals surface area contributed by atoms with E-state index < -0.39 is 65.8 Å². The summed E-state index contributed by atoms with van der Waals surface area (Å²) in [6, 6.07) is 3.55. The Hall–Kier alpha value is -3.29. The van der Waals surface area contributed by atoms with Crippen molar-refractivity contribution in [2.45, 2.75) is 51.2 Å². The third kappa shape index (κ3) is 5.65. The third-order valence-corrected chi connectivity index (χ3v) is 4.20. The lowest BCUT2D eigenvalue weighted by atomic mass is 9.98. The van der Waals surface area contributed by atoms with Gasteiger partial charge in [0.15, 0.2) is 18.0 Å². The first-order chi connectivity index (χ1) is 14.6. The molecule has 0 radical (unpaired) electrons. The molecule has 2 N–H and O–H groups in total. The first-order valence-corrected chi connectivity index (χ1v) is 8.89. The van der Waals surface area contributed by atoms with E-state index in [1.165, 1.54) is 6.07 Å². The number of methoxy groups -OCH3 is 1. The van der Waals surface area contributed by atoms with Gasteiger partial charge in [0.05, 0.1) is 18.6 Å². The summed E-state index contributed by atoms with van der Waals surface area (Å²) in [5, 5.41) is 31.1. The van der Waals surface area contributed by atoms with Crippen LogP contribution in [0, 0.1) is 10.1 Å². The van der Waals surface area contributed by atoms with Gasteiger partial charge in [-0.1, -0.05) is 6.07 Å². The minimum Gasteiger partial charge on any atom is -0.467 e. The van der Waals surface area contributed by atoms with E-state index in [2.05, 4.69) is 4.74 Å². The van der Waals surface area contributed by atoms with E-state index >= 15 is 0 Å². The van der Waals surface area contributed by atoms with Crippen molar-refractivity contribution in [2.24, 2.45) is 0 Å². The Labute approximate surface area is 175 Å². The van der Waals surface area contributed by atoms with Crippen molar-refractivity contribution in [1.29, 1.82) is 0 Å². The monoisotopic (exact) mass is 443 g/mol. The van der Waals surface area contributed by atoms with Crippen LogP contribution in [0.1, 0.15) is 19.4 Å². The van der Waals surface area contributed by atoms with Gasteiger partial charge in [-0.2, -0.15) is 0 Å². The molecule has 1 saturated heterocycles. The highest BCUT2D eigenvalue weighted by molar-refractivity contribution is 5.76. The van der Waals surface area contributed by atoms with Crippen LogP contribution >= 0.6 is 0 Å². The van der Waals surface area contributed by atoms with Crippen LogP contribution < -0.4 is 4.74 Å². The van der Waals surface area contributed by atoms with Crippen molar-refractivity contribution in [3.63, 3.8) is 0 Å². The minimum absolute atomic E-state index is 0.223. The van der Waals surface area contributed by atoms with Gasteiger partial charge in [0.25, 0.3) is 0 Å². The Kier molecular flexibility index (Phi) is 7.85. The zero-order chi connectivity index (χ0) is 23.3. The van der Waals surface area contributed by atoms with E-state index in [1.807, 2.05) is 0 Å². The molecule has 0 bridgehead atoms. The molecule has 13 nitrogen and oxygen atoms in total. The Balaban J connectivity index is 2.49. The molecule has 0 saturated carbocycles. The van der Waals surface area contributed by atoms with Gasteiger partial charge in [0.2, 0.25) is 12.4 Å². The number of rotatable bonds is 7. The third-order valence-electron chi connectivity index (χ3n) is 4.20. The van der Waals surface area contributed by atoms with Crippen molar-refractivity contribution in [3.8, 4) is 5.75 Å². The van der Waals surface area contributed by atoms with Gasteiger partial charge in [-0.05, 0) is 11.6 Å². The van der Waals surface area contributed by atoms with E-state index in [-0.39, 0.29) is 11.3 Å². The van der Waals surface area contributed by atoms with Gasteiger partial charge in [0.1, 0.15) is 6.10 Å². The van der Waals surface area contributed by atoms with Crippen molar-refractivity contribution in [3.05, 3.63) is 33.9 Å². The van der Waals surface area contributed by atoms with E-state index in [0.29, 0.717) is 0 Å². The maximum atomic E-state index is 12.0. The quantitative estimate of drug-likeness (QED) is 0.241. The lowest BCUT2D eigenvalue weighted by molar-refractivity contribution is -0.387. The number of benzene rings is 1. The standard InChI is InChI=1S/C18H21NO12/c1-8(21)28-14-13(23)15(17(24)27-3)31-18(16(14)29-9(2)22)30-12-5-4-10(7-20)6-11(12)19(25)26/h4-6,13-16,18,20,23H,7H2,1-3H3/t13?,14-,15-,16+,18-/m0/s1. The van der Waals surface area contributed by atoms with Crippen LogP contribution in [0.15, 0.2) is 18.2 Å². The zero-order valence-corrected chi connectivity index (χ0v) is 16.8. The molecule has 1 heterocycles. The molecule has 170 valence electrons. The number of nitro benzene ring substituents is 1. The summed E-state index contributed by atoms with van der Waals surface area (Å²) in [4.78, 5) is 45.8. The van der Waals surface area contributed by atoms with Crippen LogP contribution in [0.3, 0.4) is 0 Å². The number of carbonyl (C=O) groups is 3. The van der Waals surface area contributed by atoms with Crippen molar-refractivity contribution in [2.75, 3.05) is 7.11 Å². The van der Waals surface area contributed by atoms with Crippen molar-refractivity contribution < 1.29 is 53.2 Å². The van der Waals surface area contributed by atoms with Crippen LogP contribution in [-0.2, 0) is 39.9 Å². The Morgan fingerprint density at radius 3 is 2.29 bits per heavy atom. The summed E-state index contributed by atoms with van der Waals surface area (Å²) < 4.78 is 25.6. The molecule has 1 aliphatic heterocycles. The van der Waals surface area contributed by atoms with E-state index in [1.54, 1.807) is 0 Å². The second-order valence-corrected chi connectivity index (χ2v) is 6.42. The molecule has 1 aromatic carbocycles. The summed E-state index contributed by atoms with van der Waals surface area (Å²) in [5.74, 6) is -3.15. The fourth-order valence-corrected chi connectivity index (χ4v) is 2.90. The smallest absolute Gasteiger partial charge is 0.338 e. The summed E-state index contributed by atoms with van der Waals surface area (Å²) in [6.07, 6.45) is -8.43. The number of hydrogen-bond acceptors (Lipinski definition) is 12. The lowest BCUT2D eigenvalue weighted by Crippen LogP contribution is -2.63. The highest BCUT2D eigenvalue weighted by atomic mass is 16.7. The molecule has 0 spiro atoms. The normalized spacial score (nSPS) is 25.3. The number of aliphatic hydroxyl groups excluding tert-OH is 2. The van der Waals surface area contributed by atoms with Crippen LogP contribution in [-0.4, -0.2) is 70.9 Å². The zero-order valence-electron chi connectivity index (χ0n) is 16.8. The average Bonchev–Trinajstić information content (AvgIpc) is 2.71. The summed E-state index contributed by atoms with van der Waals surface area (Å²) >= 11 is 0. The lowest BCUT2D eigenvalue weighted by Gasteiger charge is -2.41. The largest absolute Gasteiger partial charge is 0.467 e. The molecule has 1 fully saturated rings. The number of nitrogens with zero attached hydrogens (tertiary/aromatic N) is 1. The first kappa shape index (κ1) is 24.0. The number of ether oxygens (including phenoxy) is 5. The SMILES string of the molecule is COC(=O)[C@H]1O[C@H](Oc2ccc(CO)cc2[N+](=O)[O-])[C@H](OC(C)=O)[C@@H](OC(C)=O)C1O. The van der Waals surface area contributed by atoms with Gasteiger partial charge in [0, 0.05) is 19.9 Å². The molecule has 31 heavy (non-hydrogen) atoms. The van der Waals surface area contributed by atoms with E-state index in [4.69, 9.17) is 18.9 Å². The molecule has 0 aromatic heterocycles. The summed E-state index contributed by atoms with van der Waals surface area (Å²) in [7, 11) is 1.02. The fraction of sp³-hybridized carbons (Fsp3) is 0.500. The minimum atomic E-state index is -1.80. The number of nitro groups is 1. The van der Waals surface area contributed by atoms with Crippen LogP contribution in [0.2, 0.25) is 0 Å². The predicted molar refractivity (Wildman–Crippen MR) is 97.4 cm³/mol. The number of esters is 3. The maximum absolute atomic E-state index is 12.0. The summed E-state index contributed by atoms with van der Waals surface area (Å²) in [6.45, 7) is 1.58. The van der Waals surface area contributed by atoms with Gasteiger partial charge >= 0.3 is 23.6 Å². The van der Waals surface area contributed by atoms with Crippen molar-refractivity contribution >= 4 is 23.6 Å². The van der Waals surface area contributed by atoms with Crippen molar-refractivity contribution in [1.82, 2.24) is 0 Å². The number of hydrogen-bond donors (Lipinski definition) is 2. The second-order valence-electron chi connectivity index (χ2n) is 6.42.